The number of para-hydroxylation sites is 1. The van der Waals surface area contributed by atoms with Gasteiger partial charge in [-0.3, -0.25) is 9.59 Å². The van der Waals surface area contributed by atoms with Gasteiger partial charge in [-0.1, -0.05) is 41.9 Å². The maximum absolute atomic E-state index is 13.1. The van der Waals surface area contributed by atoms with Crippen LogP contribution < -0.4 is 4.74 Å². The van der Waals surface area contributed by atoms with Crippen LogP contribution in [0.1, 0.15) is 35.7 Å². The predicted molar refractivity (Wildman–Crippen MR) is 107 cm³/mol. The van der Waals surface area contributed by atoms with E-state index in [-0.39, 0.29) is 24.4 Å². The molecule has 1 amide bonds. The van der Waals surface area contributed by atoms with Crippen molar-refractivity contribution in [3.63, 3.8) is 0 Å². The van der Waals surface area contributed by atoms with Crippen LogP contribution >= 0.6 is 11.6 Å². The summed E-state index contributed by atoms with van der Waals surface area (Å²) in [7, 11) is 0. The summed E-state index contributed by atoms with van der Waals surface area (Å²) in [4.78, 5) is 26.9. The molecule has 6 heteroatoms. The summed E-state index contributed by atoms with van der Waals surface area (Å²) in [6.45, 7) is 3.40. The lowest BCUT2D eigenvalue weighted by molar-refractivity contribution is -0.149. The molecule has 3 rings (SSSR count). The lowest BCUT2D eigenvalue weighted by Crippen LogP contribution is -2.42. The standard InChI is InChI=1S/C22H24ClNO4/c1-2-27-22(26)16-9-7-13-24(14-16)21(25)18-10-4-6-12-20(18)28-15-17-8-3-5-11-19(17)23/h3-6,8,10-12,16H,2,7,9,13-15H2,1H3/t16-/m1/s1. The summed E-state index contributed by atoms with van der Waals surface area (Å²) in [5, 5.41) is 0.625. The molecule has 1 heterocycles. The maximum Gasteiger partial charge on any atom is 0.310 e. The van der Waals surface area contributed by atoms with Crippen LogP contribution in [0.4, 0.5) is 0 Å². The molecule has 1 aliphatic rings. The molecule has 1 aliphatic heterocycles. The second kappa shape index (κ2) is 9.60. The van der Waals surface area contributed by atoms with Gasteiger partial charge in [-0.05, 0) is 38.0 Å². The number of benzene rings is 2. The zero-order chi connectivity index (χ0) is 19.9. The summed E-state index contributed by atoms with van der Waals surface area (Å²) in [6.07, 6.45) is 1.52. The second-order valence-electron chi connectivity index (χ2n) is 6.72. The zero-order valence-corrected chi connectivity index (χ0v) is 16.7. The Labute approximate surface area is 170 Å². The lowest BCUT2D eigenvalue weighted by Gasteiger charge is -2.32. The summed E-state index contributed by atoms with van der Waals surface area (Å²) in [6, 6.07) is 14.6. The van der Waals surface area contributed by atoms with Gasteiger partial charge in [0, 0.05) is 23.7 Å². The van der Waals surface area contributed by atoms with Gasteiger partial charge in [-0.15, -0.1) is 0 Å². The Kier molecular flexibility index (Phi) is 6.93. The minimum Gasteiger partial charge on any atom is -0.488 e. The monoisotopic (exact) mass is 401 g/mol. The molecule has 5 nitrogen and oxygen atoms in total. The summed E-state index contributed by atoms with van der Waals surface area (Å²) >= 11 is 6.19. The van der Waals surface area contributed by atoms with E-state index < -0.39 is 0 Å². The predicted octanol–water partition coefficient (Wildman–Crippen LogP) is 4.33. The molecule has 0 aliphatic carbocycles. The summed E-state index contributed by atoms with van der Waals surface area (Å²) in [5.41, 5.74) is 1.34. The van der Waals surface area contributed by atoms with Crippen LogP contribution in [0.15, 0.2) is 48.5 Å². The number of hydrogen-bond acceptors (Lipinski definition) is 4. The van der Waals surface area contributed by atoms with Gasteiger partial charge in [-0.25, -0.2) is 0 Å². The highest BCUT2D eigenvalue weighted by atomic mass is 35.5. The van der Waals surface area contributed by atoms with Crippen molar-refractivity contribution in [1.82, 2.24) is 4.90 Å². The topological polar surface area (TPSA) is 55.8 Å². The number of piperidine rings is 1. The molecule has 1 atom stereocenters. The van der Waals surface area contributed by atoms with E-state index in [4.69, 9.17) is 21.1 Å². The van der Waals surface area contributed by atoms with Crippen molar-refractivity contribution in [2.75, 3.05) is 19.7 Å². The van der Waals surface area contributed by atoms with E-state index in [0.29, 0.717) is 36.0 Å². The first kappa shape index (κ1) is 20.2. The Balaban J connectivity index is 1.72. The van der Waals surface area contributed by atoms with Gasteiger partial charge in [0.15, 0.2) is 0 Å². The third-order valence-corrected chi connectivity index (χ3v) is 5.16. The van der Waals surface area contributed by atoms with Crippen LogP contribution in [-0.2, 0) is 16.1 Å². The van der Waals surface area contributed by atoms with Crippen molar-refractivity contribution in [2.45, 2.75) is 26.4 Å². The Morgan fingerprint density at radius 1 is 1.14 bits per heavy atom. The highest BCUT2D eigenvalue weighted by Crippen LogP contribution is 2.26. The van der Waals surface area contributed by atoms with Gasteiger partial charge in [0.05, 0.1) is 18.1 Å². The fraction of sp³-hybridized carbons (Fsp3) is 0.364. The average Bonchev–Trinajstić information content (AvgIpc) is 2.73. The molecule has 2 aromatic carbocycles. The smallest absolute Gasteiger partial charge is 0.310 e. The molecular weight excluding hydrogens is 378 g/mol. The number of amides is 1. The number of carbonyl (C=O) groups is 2. The number of hydrogen-bond donors (Lipinski definition) is 0. The van der Waals surface area contributed by atoms with Gasteiger partial charge < -0.3 is 14.4 Å². The summed E-state index contributed by atoms with van der Waals surface area (Å²) in [5.74, 6) is -0.133. The minimum atomic E-state index is -0.270. The van der Waals surface area contributed by atoms with Gasteiger partial charge >= 0.3 is 5.97 Å². The molecule has 28 heavy (non-hydrogen) atoms. The van der Waals surface area contributed by atoms with Gasteiger partial charge in [0.1, 0.15) is 12.4 Å². The van der Waals surface area contributed by atoms with Crippen molar-refractivity contribution in [2.24, 2.45) is 5.92 Å². The molecular formula is C22H24ClNO4. The van der Waals surface area contributed by atoms with Crippen molar-refractivity contribution in [3.05, 3.63) is 64.7 Å². The van der Waals surface area contributed by atoms with E-state index in [2.05, 4.69) is 0 Å². The molecule has 148 valence electrons. The number of esters is 1. The molecule has 0 unspecified atom stereocenters. The van der Waals surface area contributed by atoms with Crippen molar-refractivity contribution in [3.8, 4) is 5.75 Å². The van der Waals surface area contributed by atoms with Crippen LogP contribution in [0.25, 0.3) is 0 Å². The largest absolute Gasteiger partial charge is 0.488 e. The SMILES string of the molecule is CCOC(=O)[C@@H]1CCCN(C(=O)c2ccccc2OCc2ccccc2Cl)C1. The van der Waals surface area contributed by atoms with Crippen LogP contribution in [0, 0.1) is 5.92 Å². The van der Waals surface area contributed by atoms with Crippen LogP contribution in [0.3, 0.4) is 0 Å². The highest BCUT2D eigenvalue weighted by molar-refractivity contribution is 6.31. The van der Waals surface area contributed by atoms with Crippen LogP contribution in [0.5, 0.6) is 5.75 Å². The van der Waals surface area contributed by atoms with E-state index in [9.17, 15) is 9.59 Å². The van der Waals surface area contributed by atoms with Crippen molar-refractivity contribution < 1.29 is 19.1 Å². The van der Waals surface area contributed by atoms with Crippen molar-refractivity contribution in [1.29, 1.82) is 0 Å². The number of rotatable bonds is 6. The first-order valence-electron chi connectivity index (χ1n) is 9.51. The lowest BCUT2D eigenvalue weighted by atomic mass is 9.97. The third kappa shape index (κ3) is 4.84. The van der Waals surface area contributed by atoms with Crippen molar-refractivity contribution >= 4 is 23.5 Å². The third-order valence-electron chi connectivity index (χ3n) is 4.79. The molecule has 0 N–H and O–H groups in total. The highest BCUT2D eigenvalue weighted by Gasteiger charge is 2.30. The van der Waals surface area contributed by atoms with E-state index in [1.807, 2.05) is 30.3 Å². The Bertz CT molecular complexity index is 839. The Morgan fingerprint density at radius 3 is 2.68 bits per heavy atom. The van der Waals surface area contributed by atoms with Crippen LogP contribution in [-0.4, -0.2) is 36.5 Å². The number of ether oxygens (including phenoxy) is 2. The maximum atomic E-state index is 13.1. The molecule has 0 radical (unpaired) electrons. The number of halogens is 1. The molecule has 2 aromatic rings. The Hall–Kier alpha value is -2.53. The van der Waals surface area contributed by atoms with E-state index in [0.717, 1.165) is 18.4 Å². The first-order valence-corrected chi connectivity index (χ1v) is 9.89. The number of nitrogens with zero attached hydrogens (tertiary/aromatic N) is 1. The van der Waals surface area contributed by atoms with E-state index >= 15 is 0 Å². The van der Waals surface area contributed by atoms with Gasteiger partial charge in [0.2, 0.25) is 0 Å². The zero-order valence-electron chi connectivity index (χ0n) is 15.9. The fourth-order valence-electron chi connectivity index (χ4n) is 3.32. The molecule has 1 fully saturated rings. The Morgan fingerprint density at radius 2 is 1.89 bits per heavy atom. The quantitative estimate of drug-likeness (QED) is 0.676. The average molecular weight is 402 g/mol. The number of likely N-dealkylation sites (tertiary alicyclic amines) is 1. The van der Waals surface area contributed by atoms with E-state index in [1.54, 1.807) is 30.0 Å². The molecule has 0 spiro atoms. The normalized spacial score (nSPS) is 16.5. The van der Waals surface area contributed by atoms with Crippen LogP contribution in [0.2, 0.25) is 5.02 Å². The molecule has 1 saturated heterocycles. The molecule has 0 aromatic heterocycles. The van der Waals surface area contributed by atoms with Gasteiger partial charge in [-0.2, -0.15) is 0 Å². The van der Waals surface area contributed by atoms with Gasteiger partial charge in [0.25, 0.3) is 5.91 Å². The second-order valence-corrected chi connectivity index (χ2v) is 7.13. The molecule has 0 bridgehead atoms. The summed E-state index contributed by atoms with van der Waals surface area (Å²) < 4.78 is 11.0. The first-order chi connectivity index (χ1) is 13.6. The number of carbonyl (C=O) groups excluding carboxylic acids is 2. The molecule has 0 saturated carbocycles. The fourth-order valence-corrected chi connectivity index (χ4v) is 3.51. The van der Waals surface area contributed by atoms with E-state index in [1.165, 1.54) is 0 Å². The minimum absolute atomic E-state index is 0.135.